The van der Waals surface area contributed by atoms with Crippen LogP contribution in [0.2, 0.25) is 5.02 Å². The van der Waals surface area contributed by atoms with Crippen molar-refractivity contribution in [2.45, 2.75) is 30.7 Å². The van der Waals surface area contributed by atoms with E-state index in [0.717, 1.165) is 25.2 Å². The van der Waals surface area contributed by atoms with Crippen LogP contribution in [0, 0.1) is 0 Å². The average Bonchev–Trinajstić information content (AvgIpc) is 2.47. The highest BCUT2D eigenvalue weighted by atomic mass is 35.5. The van der Waals surface area contributed by atoms with Gasteiger partial charge >= 0.3 is 0 Å². The van der Waals surface area contributed by atoms with Gasteiger partial charge in [-0.1, -0.05) is 24.1 Å². The molecule has 0 unspecified atom stereocenters. The molecule has 0 aromatic heterocycles. The molecule has 1 aromatic rings. The number of rotatable bonds is 6. The Bertz CT molecular complexity index is 572. The number of nitrogens with zero attached hydrogens (tertiary/aromatic N) is 1. The lowest BCUT2D eigenvalue weighted by molar-refractivity contribution is 0.233. The van der Waals surface area contributed by atoms with Crippen molar-refractivity contribution in [1.29, 1.82) is 0 Å². The number of nitrogens with two attached hydrogens (primary N) is 1. The molecule has 0 amide bonds. The highest BCUT2D eigenvalue weighted by Gasteiger charge is 2.18. The van der Waals surface area contributed by atoms with Gasteiger partial charge in [-0.3, -0.25) is 0 Å². The van der Waals surface area contributed by atoms with E-state index in [1.807, 2.05) is 0 Å². The van der Waals surface area contributed by atoms with E-state index in [1.165, 1.54) is 25.3 Å². The second kappa shape index (κ2) is 7.56. The minimum atomic E-state index is -3.57. The quantitative estimate of drug-likeness (QED) is 0.829. The van der Waals surface area contributed by atoms with Gasteiger partial charge in [-0.15, -0.1) is 0 Å². The van der Waals surface area contributed by atoms with E-state index in [9.17, 15) is 8.42 Å². The summed E-state index contributed by atoms with van der Waals surface area (Å²) in [6, 6.07) is 4.79. The first-order valence-corrected chi connectivity index (χ1v) is 9.09. The maximum absolute atomic E-state index is 12.2. The first kappa shape index (κ1) is 16.7. The van der Waals surface area contributed by atoms with Crippen molar-refractivity contribution in [3.8, 4) is 0 Å². The van der Waals surface area contributed by atoms with Crippen molar-refractivity contribution in [1.82, 2.24) is 9.62 Å². The van der Waals surface area contributed by atoms with Gasteiger partial charge in [0.1, 0.15) is 4.90 Å². The zero-order valence-electron chi connectivity index (χ0n) is 12.0. The summed E-state index contributed by atoms with van der Waals surface area (Å²) in [5, 5.41) is 0.212. The number of sulfonamides is 1. The van der Waals surface area contributed by atoms with Gasteiger partial charge in [0.15, 0.2) is 0 Å². The van der Waals surface area contributed by atoms with Crippen LogP contribution in [0.4, 0.5) is 0 Å². The highest BCUT2D eigenvalue weighted by molar-refractivity contribution is 7.89. The number of benzene rings is 1. The zero-order valence-corrected chi connectivity index (χ0v) is 13.6. The molecule has 0 bridgehead atoms. The second-order valence-corrected chi connectivity index (χ2v) is 7.41. The maximum Gasteiger partial charge on any atom is 0.242 e. The van der Waals surface area contributed by atoms with E-state index in [2.05, 4.69) is 9.62 Å². The highest BCUT2D eigenvalue weighted by Crippen LogP contribution is 2.22. The van der Waals surface area contributed by atoms with Crippen molar-refractivity contribution < 1.29 is 8.42 Å². The van der Waals surface area contributed by atoms with Gasteiger partial charge < -0.3 is 10.6 Å². The molecule has 3 N–H and O–H groups in total. The average molecular weight is 332 g/mol. The number of hydrogen-bond acceptors (Lipinski definition) is 4. The zero-order chi connectivity index (χ0) is 15.3. The van der Waals surface area contributed by atoms with E-state index in [-0.39, 0.29) is 9.92 Å². The lowest BCUT2D eigenvalue weighted by atomic mass is 10.1. The van der Waals surface area contributed by atoms with Crippen LogP contribution in [0.1, 0.15) is 24.8 Å². The summed E-state index contributed by atoms with van der Waals surface area (Å²) in [6.07, 6.45) is 3.66. The molecule has 0 atom stereocenters. The lowest BCUT2D eigenvalue weighted by Crippen LogP contribution is -2.37. The van der Waals surface area contributed by atoms with Crippen LogP contribution in [-0.2, 0) is 16.6 Å². The van der Waals surface area contributed by atoms with Crippen LogP contribution in [0.15, 0.2) is 23.1 Å². The van der Waals surface area contributed by atoms with Crippen molar-refractivity contribution in [2.24, 2.45) is 5.73 Å². The number of hydrogen-bond donors (Lipinski definition) is 2. The van der Waals surface area contributed by atoms with Gasteiger partial charge in [0.2, 0.25) is 10.0 Å². The topological polar surface area (TPSA) is 75.4 Å². The van der Waals surface area contributed by atoms with Gasteiger partial charge in [-0.2, -0.15) is 0 Å². The van der Waals surface area contributed by atoms with E-state index in [1.54, 1.807) is 12.1 Å². The monoisotopic (exact) mass is 331 g/mol. The molecule has 1 saturated heterocycles. The van der Waals surface area contributed by atoms with Crippen LogP contribution in [0.5, 0.6) is 0 Å². The SMILES string of the molecule is NCc1ccc(S(=O)(=O)NCCN2CCCCC2)c(Cl)c1. The summed E-state index contributed by atoms with van der Waals surface area (Å²) in [4.78, 5) is 2.39. The molecule has 1 heterocycles. The van der Waals surface area contributed by atoms with E-state index < -0.39 is 10.0 Å². The summed E-state index contributed by atoms with van der Waals surface area (Å²) < 4.78 is 27.1. The Hall–Kier alpha value is -0.660. The minimum absolute atomic E-state index is 0.111. The van der Waals surface area contributed by atoms with Gasteiger partial charge in [-0.25, -0.2) is 13.1 Å². The summed E-state index contributed by atoms with van der Waals surface area (Å²) in [5.74, 6) is 0. The Morgan fingerprint density at radius 1 is 1.24 bits per heavy atom. The predicted molar refractivity (Wildman–Crippen MR) is 84.8 cm³/mol. The smallest absolute Gasteiger partial charge is 0.242 e. The van der Waals surface area contributed by atoms with Gasteiger partial charge in [0.05, 0.1) is 5.02 Å². The molecule has 2 rings (SSSR count). The Labute approximate surface area is 131 Å². The Morgan fingerprint density at radius 3 is 2.57 bits per heavy atom. The minimum Gasteiger partial charge on any atom is -0.326 e. The van der Waals surface area contributed by atoms with Crippen molar-refractivity contribution >= 4 is 21.6 Å². The molecule has 5 nitrogen and oxygen atoms in total. The van der Waals surface area contributed by atoms with E-state index >= 15 is 0 Å². The van der Waals surface area contributed by atoms with Crippen LogP contribution in [0.25, 0.3) is 0 Å². The predicted octanol–water partition coefficient (Wildman–Crippen LogP) is 1.56. The van der Waals surface area contributed by atoms with E-state index in [0.29, 0.717) is 13.1 Å². The molecule has 0 radical (unpaired) electrons. The largest absolute Gasteiger partial charge is 0.326 e. The molecule has 1 aromatic carbocycles. The Balaban J connectivity index is 1.94. The molecule has 21 heavy (non-hydrogen) atoms. The first-order valence-electron chi connectivity index (χ1n) is 7.23. The second-order valence-electron chi connectivity index (χ2n) is 5.27. The van der Waals surface area contributed by atoms with Gasteiger partial charge in [0.25, 0.3) is 0 Å². The summed E-state index contributed by atoms with van der Waals surface area (Å²) in [5.41, 5.74) is 6.32. The van der Waals surface area contributed by atoms with Crippen LogP contribution < -0.4 is 10.5 Å². The molecule has 1 aliphatic rings. The Kier molecular flexibility index (Phi) is 6.01. The third-order valence-corrected chi connectivity index (χ3v) is 5.63. The number of piperidine rings is 1. The standard InChI is InChI=1S/C14H22ClN3O2S/c15-13-10-12(11-16)4-5-14(13)21(19,20)17-6-9-18-7-2-1-3-8-18/h4-5,10,17H,1-3,6-9,11,16H2. The van der Waals surface area contributed by atoms with Crippen molar-refractivity contribution in [3.05, 3.63) is 28.8 Å². The molecule has 0 spiro atoms. The Morgan fingerprint density at radius 2 is 1.95 bits per heavy atom. The molecule has 118 valence electrons. The van der Waals surface area contributed by atoms with E-state index in [4.69, 9.17) is 17.3 Å². The molecule has 0 aliphatic carbocycles. The fourth-order valence-corrected chi connectivity index (χ4v) is 4.07. The number of nitrogens with one attached hydrogen (secondary N) is 1. The third-order valence-electron chi connectivity index (χ3n) is 3.69. The van der Waals surface area contributed by atoms with Crippen LogP contribution >= 0.6 is 11.6 Å². The first-order chi connectivity index (χ1) is 10.0. The van der Waals surface area contributed by atoms with Crippen molar-refractivity contribution in [2.75, 3.05) is 26.2 Å². The number of halogens is 1. The summed E-state index contributed by atoms with van der Waals surface area (Å²) in [7, 11) is -3.57. The van der Waals surface area contributed by atoms with Crippen LogP contribution in [0.3, 0.4) is 0 Å². The molecular weight excluding hydrogens is 310 g/mol. The fourth-order valence-electron chi connectivity index (χ4n) is 2.49. The molecule has 1 aliphatic heterocycles. The molecule has 0 saturated carbocycles. The fraction of sp³-hybridized carbons (Fsp3) is 0.571. The summed E-state index contributed by atoms with van der Waals surface area (Å²) >= 11 is 6.04. The number of likely N-dealkylation sites (tertiary alicyclic amines) is 1. The molecular formula is C14H22ClN3O2S. The third kappa shape index (κ3) is 4.66. The van der Waals surface area contributed by atoms with Crippen LogP contribution in [-0.4, -0.2) is 39.5 Å². The van der Waals surface area contributed by atoms with Gasteiger partial charge in [0, 0.05) is 19.6 Å². The maximum atomic E-state index is 12.2. The normalized spacial score (nSPS) is 17.0. The molecule has 7 heteroatoms. The molecule has 1 fully saturated rings. The lowest BCUT2D eigenvalue weighted by Gasteiger charge is -2.26. The van der Waals surface area contributed by atoms with Gasteiger partial charge in [-0.05, 0) is 43.6 Å². The summed E-state index contributed by atoms with van der Waals surface area (Å²) in [6.45, 7) is 3.57. The van der Waals surface area contributed by atoms with Crippen molar-refractivity contribution in [3.63, 3.8) is 0 Å².